The number of carboxylic acid groups (broad SMARTS) is 1. The smallest absolute Gasteiger partial charge is 0.303 e. The molecule has 1 fully saturated rings. The van der Waals surface area contributed by atoms with Crippen LogP contribution in [-0.2, 0) is 4.79 Å². The Morgan fingerprint density at radius 3 is 2.53 bits per heavy atom. The average Bonchev–Trinajstić information content (AvgIpc) is 2.87. The third-order valence-electron chi connectivity index (χ3n) is 7.30. The minimum atomic E-state index is -0.899. The van der Waals surface area contributed by atoms with Gasteiger partial charge in [0.05, 0.1) is 30.2 Å². The number of rotatable bonds is 11. The second kappa shape index (κ2) is 12.2. The first-order chi connectivity index (χ1) is 18.2. The minimum absolute atomic E-state index is 0.00524. The molecule has 38 heavy (non-hydrogen) atoms. The van der Waals surface area contributed by atoms with Crippen molar-refractivity contribution in [2.75, 3.05) is 33.4 Å². The van der Waals surface area contributed by atoms with Gasteiger partial charge in [0.2, 0.25) is 0 Å². The minimum Gasteiger partial charge on any atom is -0.497 e. The molecule has 0 unspecified atom stereocenters. The highest BCUT2D eigenvalue weighted by Crippen LogP contribution is 2.43. The first kappa shape index (κ1) is 28.0. The van der Waals surface area contributed by atoms with Crippen LogP contribution < -0.4 is 9.47 Å². The number of pyridine rings is 1. The lowest BCUT2D eigenvalue weighted by atomic mass is 9.71. The maximum Gasteiger partial charge on any atom is 0.303 e. The third-order valence-corrected chi connectivity index (χ3v) is 7.61. The Morgan fingerprint density at radius 2 is 1.87 bits per heavy atom. The summed E-state index contributed by atoms with van der Waals surface area (Å²) in [7, 11) is 1.56. The Kier molecular flexibility index (Phi) is 9.02. The molecule has 1 saturated heterocycles. The van der Waals surface area contributed by atoms with E-state index in [1.165, 1.54) is 6.20 Å². The number of methoxy groups -OCH3 is 1. The fourth-order valence-corrected chi connectivity index (χ4v) is 5.49. The van der Waals surface area contributed by atoms with Gasteiger partial charge in [-0.1, -0.05) is 11.6 Å². The Balaban J connectivity index is 1.38. The molecule has 0 spiro atoms. The van der Waals surface area contributed by atoms with Gasteiger partial charge >= 0.3 is 5.97 Å². The largest absolute Gasteiger partial charge is 0.497 e. The predicted octanol–water partition coefficient (Wildman–Crippen LogP) is 5.62. The first-order valence-electron chi connectivity index (χ1n) is 12.5. The van der Waals surface area contributed by atoms with Gasteiger partial charge in [0.25, 0.3) is 0 Å². The van der Waals surface area contributed by atoms with Crippen molar-refractivity contribution in [2.45, 2.75) is 38.2 Å². The van der Waals surface area contributed by atoms with E-state index in [-0.39, 0.29) is 18.8 Å². The lowest BCUT2D eigenvalue weighted by Crippen LogP contribution is -2.42. The maximum atomic E-state index is 13.4. The quantitative estimate of drug-likeness (QED) is 0.321. The molecule has 1 aromatic heterocycles. The van der Waals surface area contributed by atoms with Crippen LogP contribution in [0.1, 0.15) is 43.8 Å². The number of halogens is 3. The van der Waals surface area contributed by atoms with E-state index in [1.54, 1.807) is 25.3 Å². The van der Waals surface area contributed by atoms with Crippen molar-refractivity contribution in [3.63, 3.8) is 0 Å². The number of carbonyl (C=O) groups is 1. The second-order valence-electron chi connectivity index (χ2n) is 9.82. The van der Waals surface area contributed by atoms with Crippen molar-refractivity contribution in [2.24, 2.45) is 5.41 Å². The highest BCUT2D eigenvalue weighted by molar-refractivity contribution is 6.32. The van der Waals surface area contributed by atoms with Crippen LogP contribution in [0.4, 0.5) is 8.78 Å². The topological polar surface area (TPSA) is 92.1 Å². The van der Waals surface area contributed by atoms with Crippen molar-refractivity contribution in [3.05, 3.63) is 64.8 Å². The van der Waals surface area contributed by atoms with Gasteiger partial charge in [0.1, 0.15) is 29.7 Å². The van der Waals surface area contributed by atoms with Crippen LogP contribution in [0.5, 0.6) is 11.5 Å². The van der Waals surface area contributed by atoms with Crippen LogP contribution in [0.3, 0.4) is 0 Å². The number of nitrogens with zero attached hydrogens (tertiary/aromatic N) is 2. The van der Waals surface area contributed by atoms with E-state index < -0.39 is 29.1 Å². The molecule has 2 N–H and O–H groups in total. The zero-order chi connectivity index (χ0) is 27.3. The monoisotopic (exact) mass is 548 g/mol. The van der Waals surface area contributed by atoms with Crippen molar-refractivity contribution < 1.29 is 33.3 Å². The molecule has 1 aliphatic rings. The maximum absolute atomic E-state index is 13.4. The lowest BCUT2D eigenvalue weighted by molar-refractivity contribution is -0.141. The molecular weight excluding hydrogens is 518 g/mol. The van der Waals surface area contributed by atoms with Gasteiger partial charge in [0, 0.05) is 41.9 Å². The van der Waals surface area contributed by atoms with Gasteiger partial charge < -0.3 is 19.7 Å². The van der Waals surface area contributed by atoms with Gasteiger partial charge in [-0.25, -0.2) is 8.78 Å². The Labute approximate surface area is 224 Å². The fraction of sp³-hybridized carbons (Fsp3) is 0.429. The number of likely N-dealkylation sites (tertiary alicyclic amines) is 1. The van der Waals surface area contributed by atoms with Gasteiger partial charge in [-0.3, -0.25) is 14.7 Å². The van der Waals surface area contributed by atoms with E-state index in [9.17, 15) is 23.8 Å². The molecule has 0 radical (unpaired) electrons. The number of aliphatic carboxylic acids is 1. The summed E-state index contributed by atoms with van der Waals surface area (Å²) >= 11 is 6.45. The molecule has 4 rings (SSSR count). The summed E-state index contributed by atoms with van der Waals surface area (Å²) in [6.45, 7) is 2.11. The van der Waals surface area contributed by atoms with Gasteiger partial charge in [-0.15, -0.1) is 0 Å². The van der Waals surface area contributed by atoms with E-state index >= 15 is 0 Å². The number of aromatic nitrogens is 1. The standard InChI is InChI=1S/C28H31ClF2N2O5/c1-37-20-2-3-24-22(15-20)27(23(29)17-32-24)25(34)4-5-28(16-26(35)36)6-8-33(9-7-28)10-11-38-21-13-18(30)12-19(31)14-21/h2-3,12-15,17,25,34H,4-11,16H2,1H3,(H,35,36)/t25-/m0/s1. The summed E-state index contributed by atoms with van der Waals surface area (Å²) in [5.74, 6) is -1.51. The van der Waals surface area contributed by atoms with Crippen LogP contribution in [-0.4, -0.2) is 59.4 Å². The molecule has 1 atom stereocenters. The summed E-state index contributed by atoms with van der Waals surface area (Å²) in [5, 5.41) is 21.9. The Morgan fingerprint density at radius 1 is 1.16 bits per heavy atom. The number of piperidine rings is 1. The van der Waals surface area contributed by atoms with E-state index in [4.69, 9.17) is 21.1 Å². The molecule has 1 aliphatic heterocycles. The van der Waals surface area contributed by atoms with E-state index in [0.717, 1.165) is 18.2 Å². The Hall–Kier alpha value is -3.01. The van der Waals surface area contributed by atoms with E-state index in [1.807, 2.05) is 0 Å². The molecule has 7 nitrogen and oxygen atoms in total. The molecule has 10 heteroatoms. The van der Waals surface area contributed by atoms with Crippen molar-refractivity contribution >= 4 is 28.5 Å². The predicted molar refractivity (Wildman–Crippen MR) is 140 cm³/mol. The van der Waals surface area contributed by atoms with Crippen LogP contribution in [0.25, 0.3) is 10.9 Å². The van der Waals surface area contributed by atoms with Crippen LogP contribution in [0.2, 0.25) is 5.02 Å². The SMILES string of the molecule is COc1ccc2ncc(Cl)c([C@@H](O)CCC3(CC(=O)O)CCN(CCOc4cc(F)cc(F)c4)CC3)c2c1. The van der Waals surface area contributed by atoms with Gasteiger partial charge in [0.15, 0.2) is 0 Å². The van der Waals surface area contributed by atoms with Crippen LogP contribution in [0.15, 0.2) is 42.6 Å². The molecular formula is C28H31ClF2N2O5. The zero-order valence-corrected chi connectivity index (χ0v) is 21.9. The first-order valence-corrected chi connectivity index (χ1v) is 12.9. The van der Waals surface area contributed by atoms with Crippen LogP contribution >= 0.6 is 11.6 Å². The van der Waals surface area contributed by atoms with E-state index in [2.05, 4.69) is 9.88 Å². The highest BCUT2D eigenvalue weighted by atomic mass is 35.5. The Bertz CT molecular complexity index is 1260. The fourth-order valence-electron chi connectivity index (χ4n) is 5.21. The number of benzene rings is 2. The highest BCUT2D eigenvalue weighted by Gasteiger charge is 2.37. The third kappa shape index (κ3) is 6.89. The number of ether oxygens (including phenoxy) is 2. The number of aliphatic hydroxyl groups is 1. The van der Waals surface area contributed by atoms with Crippen LogP contribution in [0, 0.1) is 17.0 Å². The van der Waals surface area contributed by atoms with Crippen molar-refractivity contribution in [1.82, 2.24) is 9.88 Å². The molecule has 2 heterocycles. The number of carboxylic acids is 1. The van der Waals surface area contributed by atoms with Crippen molar-refractivity contribution in [1.29, 1.82) is 0 Å². The summed E-state index contributed by atoms with van der Waals surface area (Å²) in [6.07, 6.45) is 2.75. The molecule has 2 aromatic carbocycles. The molecule has 204 valence electrons. The summed E-state index contributed by atoms with van der Waals surface area (Å²) in [5.41, 5.74) is 0.772. The normalized spacial score (nSPS) is 16.3. The molecule has 3 aromatic rings. The lowest BCUT2D eigenvalue weighted by Gasteiger charge is -2.41. The molecule has 0 saturated carbocycles. The molecule has 0 aliphatic carbocycles. The summed E-state index contributed by atoms with van der Waals surface area (Å²) in [4.78, 5) is 18.2. The zero-order valence-electron chi connectivity index (χ0n) is 21.1. The van der Waals surface area contributed by atoms with Gasteiger partial charge in [-0.05, 0) is 62.4 Å². The number of fused-ring (bicyclic) bond motifs is 1. The van der Waals surface area contributed by atoms with E-state index in [0.29, 0.717) is 72.6 Å². The molecule has 0 bridgehead atoms. The number of aliphatic hydroxyl groups excluding tert-OH is 1. The summed E-state index contributed by atoms with van der Waals surface area (Å²) < 4.78 is 37.5. The second-order valence-corrected chi connectivity index (χ2v) is 10.2. The van der Waals surface area contributed by atoms with Gasteiger partial charge in [-0.2, -0.15) is 0 Å². The summed E-state index contributed by atoms with van der Waals surface area (Å²) in [6, 6.07) is 8.44. The number of hydrogen-bond acceptors (Lipinski definition) is 6. The molecule has 0 amide bonds. The van der Waals surface area contributed by atoms with Crippen molar-refractivity contribution in [3.8, 4) is 11.5 Å². The number of hydrogen-bond donors (Lipinski definition) is 2. The average molecular weight is 549 g/mol.